The topological polar surface area (TPSA) is 18.5 Å². The second-order valence-electron chi connectivity index (χ2n) is 10.9. The van der Waals surface area contributed by atoms with Gasteiger partial charge in [0, 0.05) is 11.8 Å². The van der Waals surface area contributed by atoms with Crippen LogP contribution in [-0.4, -0.2) is 12.2 Å². The summed E-state index contributed by atoms with van der Waals surface area (Å²) in [4.78, 5) is 0. The highest BCUT2D eigenvalue weighted by Crippen LogP contribution is 2.41. The van der Waals surface area contributed by atoms with E-state index < -0.39 is 0 Å². The Kier molecular flexibility index (Phi) is 6.90. The van der Waals surface area contributed by atoms with Gasteiger partial charge in [-0.05, 0) is 58.1 Å². The van der Waals surface area contributed by atoms with Crippen LogP contribution in [-0.2, 0) is 35.5 Å². The van der Waals surface area contributed by atoms with E-state index in [-0.39, 0.29) is 12.2 Å². The molecule has 0 spiro atoms. The molecule has 0 aliphatic heterocycles. The van der Waals surface area contributed by atoms with Gasteiger partial charge in [0.1, 0.15) is 0 Å². The van der Waals surface area contributed by atoms with Crippen LogP contribution in [0.15, 0.2) is 72.8 Å². The molecular formula is C32H38O2. The number of hydrogen-bond acceptors (Lipinski definition) is 2. The average Bonchev–Trinajstić information content (AvgIpc) is 3.40. The van der Waals surface area contributed by atoms with Gasteiger partial charge in [0.25, 0.3) is 0 Å². The summed E-state index contributed by atoms with van der Waals surface area (Å²) in [6.07, 6.45) is 2.56. The molecule has 5 rings (SSSR count). The van der Waals surface area contributed by atoms with Crippen molar-refractivity contribution in [2.45, 2.75) is 77.8 Å². The molecular weight excluding hydrogens is 416 g/mol. The normalized spacial score (nSPS) is 23.5. The van der Waals surface area contributed by atoms with Crippen LogP contribution in [0.5, 0.6) is 0 Å². The first-order chi connectivity index (χ1) is 16.5. The Hall–Kier alpha value is -2.42. The van der Waals surface area contributed by atoms with Gasteiger partial charge in [0.05, 0.1) is 25.4 Å². The van der Waals surface area contributed by atoms with Gasteiger partial charge in [-0.15, -0.1) is 0 Å². The fourth-order valence-corrected chi connectivity index (χ4v) is 6.22. The zero-order valence-electron chi connectivity index (χ0n) is 21.0. The van der Waals surface area contributed by atoms with E-state index in [4.69, 9.17) is 9.47 Å². The fourth-order valence-electron chi connectivity index (χ4n) is 6.22. The molecule has 0 unspecified atom stereocenters. The highest BCUT2D eigenvalue weighted by atomic mass is 16.5. The predicted octanol–water partition coefficient (Wildman–Crippen LogP) is 7.45. The summed E-state index contributed by atoms with van der Waals surface area (Å²) in [6.45, 7) is 10.6. The smallest absolute Gasteiger partial charge is 0.0721 e. The van der Waals surface area contributed by atoms with E-state index in [9.17, 15) is 0 Å². The highest BCUT2D eigenvalue weighted by molar-refractivity contribution is 5.38. The molecule has 2 heteroatoms. The van der Waals surface area contributed by atoms with Crippen LogP contribution in [0.3, 0.4) is 0 Å². The molecule has 2 aliphatic carbocycles. The highest BCUT2D eigenvalue weighted by Gasteiger charge is 2.36. The summed E-state index contributed by atoms with van der Waals surface area (Å²) >= 11 is 0. The van der Waals surface area contributed by atoms with Crippen molar-refractivity contribution < 1.29 is 9.47 Å². The van der Waals surface area contributed by atoms with E-state index in [1.165, 1.54) is 33.4 Å². The Morgan fingerprint density at radius 2 is 0.971 bits per heavy atom. The van der Waals surface area contributed by atoms with Crippen molar-refractivity contribution in [1.29, 1.82) is 0 Å². The summed E-state index contributed by atoms with van der Waals surface area (Å²) < 4.78 is 12.9. The van der Waals surface area contributed by atoms with Gasteiger partial charge >= 0.3 is 0 Å². The van der Waals surface area contributed by atoms with E-state index in [0.29, 0.717) is 36.9 Å². The van der Waals surface area contributed by atoms with Crippen LogP contribution in [0.1, 0.15) is 72.9 Å². The zero-order valence-corrected chi connectivity index (χ0v) is 21.0. The van der Waals surface area contributed by atoms with Gasteiger partial charge < -0.3 is 9.47 Å². The number of hydrogen-bond donors (Lipinski definition) is 0. The van der Waals surface area contributed by atoms with Gasteiger partial charge in [-0.2, -0.15) is 0 Å². The maximum Gasteiger partial charge on any atom is 0.0721 e. The third-order valence-corrected chi connectivity index (χ3v) is 7.86. The molecule has 3 aromatic rings. The van der Waals surface area contributed by atoms with Crippen LogP contribution in [0.25, 0.3) is 0 Å². The van der Waals surface area contributed by atoms with E-state index in [0.717, 1.165) is 12.8 Å². The molecule has 0 aromatic heterocycles. The Labute approximate surface area is 205 Å². The van der Waals surface area contributed by atoms with Gasteiger partial charge in [0.2, 0.25) is 0 Å². The Morgan fingerprint density at radius 3 is 1.35 bits per heavy atom. The molecule has 4 atom stereocenters. The average molecular weight is 455 g/mol. The van der Waals surface area contributed by atoms with E-state index >= 15 is 0 Å². The van der Waals surface area contributed by atoms with Gasteiger partial charge in [0.15, 0.2) is 0 Å². The molecule has 2 aliphatic rings. The molecule has 0 bridgehead atoms. The molecule has 0 saturated heterocycles. The molecule has 0 fully saturated rings. The van der Waals surface area contributed by atoms with Crippen molar-refractivity contribution in [3.05, 3.63) is 106 Å². The van der Waals surface area contributed by atoms with E-state index in [1.807, 2.05) is 0 Å². The molecule has 178 valence electrons. The monoisotopic (exact) mass is 454 g/mol. The van der Waals surface area contributed by atoms with Crippen LogP contribution >= 0.6 is 0 Å². The molecule has 0 amide bonds. The number of ether oxygens (including phenoxy) is 2. The molecule has 0 N–H and O–H groups in total. The Morgan fingerprint density at radius 1 is 0.588 bits per heavy atom. The Bertz CT molecular complexity index is 1010. The SMILES string of the molecule is CC(C)[C@H]1c2ccccc2C[C@H]1OCc1ccc(CO[C@@H]2Cc3ccccc3[C@@H]2C(C)C)cc1. The predicted molar refractivity (Wildman–Crippen MR) is 139 cm³/mol. The van der Waals surface area contributed by atoms with Gasteiger partial charge in [-0.3, -0.25) is 0 Å². The molecule has 0 heterocycles. The van der Waals surface area contributed by atoms with Crippen molar-refractivity contribution >= 4 is 0 Å². The van der Waals surface area contributed by atoms with Crippen LogP contribution in [0.4, 0.5) is 0 Å². The molecule has 34 heavy (non-hydrogen) atoms. The summed E-state index contributed by atoms with van der Waals surface area (Å²) in [6, 6.07) is 26.5. The lowest BCUT2D eigenvalue weighted by Crippen LogP contribution is -2.22. The van der Waals surface area contributed by atoms with Crippen molar-refractivity contribution in [2.75, 3.05) is 0 Å². The largest absolute Gasteiger partial charge is 0.373 e. The first-order valence-corrected chi connectivity index (χ1v) is 13.0. The minimum Gasteiger partial charge on any atom is -0.373 e. The summed E-state index contributed by atoms with van der Waals surface area (Å²) in [7, 11) is 0. The lowest BCUT2D eigenvalue weighted by atomic mass is 9.88. The zero-order chi connectivity index (χ0) is 23.7. The minimum absolute atomic E-state index is 0.261. The summed E-state index contributed by atoms with van der Waals surface area (Å²) in [5.41, 5.74) is 8.32. The van der Waals surface area contributed by atoms with Crippen LogP contribution < -0.4 is 0 Å². The fraction of sp³-hybridized carbons (Fsp3) is 0.438. The van der Waals surface area contributed by atoms with Crippen LogP contribution in [0.2, 0.25) is 0 Å². The maximum absolute atomic E-state index is 6.47. The summed E-state index contributed by atoms with van der Waals surface area (Å²) in [5, 5.41) is 0. The van der Waals surface area contributed by atoms with Crippen LogP contribution in [0, 0.1) is 11.8 Å². The second-order valence-corrected chi connectivity index (χ2v) is 10.9. The number of fused-ring (bicyclic) bond motifs is 2. The van der Waals surface area contributed by atoms with Crippen molar-refractivity contribution in [1.82, 2.24) is 0 Å². The first kappa shape index (κ1) is 23.3. The molecule has 3 aromatic carbocycles. The standard InChI is InChI=1S/C32H38O2/c1-21(2)31-27-11-7-5-9-25(27)17-29(31)33-19-23-13-15-24(16-14-23)20-34-30-18-26-10-6-8-12-28(26)32(30)22(3)4/h5-16,21-22,29-32H,17-20H2,1-4H3/t29-,30-,31+,32+/m1/s1. The van der Waals surface area contributed by atoms with Gasteiger partial charge in [-0.25, -0.2) is 0 Å². The summed E-state index contributed by atoms with van der Waals surface area (Å²) in [5.74, 6) is 2.11. The quantitative estimate of drug-likeness (QED) is 0.352. The Balaban J connectivity index is 1.17. The minimum atomic E-state index is 0.261. The van der Waals surface area contributed by atoms with Crippen molar-refractivity contribution in [2.24, 2.45) is 11.8 Å². The first-order valence-electron chi connectivity index (χ1n) is 13.0. The van der Waals surface area contributed by atoms with Crippen molar-refractivity contribution in [3.8, 4) is 0 Å². The lowest BCUT2D eigenvalue weighted by molar-refractivity contribution is 0.0190. The second kappa shape index (κ2) is 10.1. The maximum atomic E-state index is 6.47. The molecule has 0 radical (unpaired) electrons. The third kappa shape index (κ3) is 4.72. The number of rotatable bonds is 8. The number of benzene rings is 3. The van der Waals surface area contributed by atoms with E-state index in [2.05, 4.69) is 100 Å². The van der Waals surface area contributed by atoms with E-state index in [1.54, 1.807) is 0 Å². The molecule has 2 nitrogen and oxygen atoms in total. The third-order valence-electron chi connectivity index (χ3n) is 7.86. The van der Waals surface area contributed by atoms with Gasteiger partial charge in [-0.1, -0.05) is 100 Å². The van der Waals surface area contributed by atoms with Crippen molar-refractivity contribution in [3.63, 3.8) is 0 Å². The lowest BCUT2D eigenvalue weighted by Gasteiger charge is -2.25. The molecule has 0 saturated carbocycles.